The molecule has 7 nitrogen and oxygen atoms in total. The molecule has 0 radical (unpaired) electrons. The van der Waals surface area contributed by atoms with Crippen LogP contribution < -0.4 is 0 Å². The van der Waals surface area contributed by atoms with Gasteiger partial charge >= 0.3 is 0 Å². The Bertz CT molecular complexity index is 1110. The lowest BCUT2D eigenvalue weighted by molar-refractivity contribution is 0.0667. The highest BCUT2D eigenvalue weighted by atomic mass is 16.2. The van der Waals surface area contributed by atoms with Crippen molar-refractivity contribution in [3.8, 4) is 0 Å². The Morgan fingerprint density at radius 2 is 2.04 bits per heavy atom. The molecule has 1 aliphatic rings. The Labute approximate surface area is 162 Å². The SMILES string of the molecule is Cc1nnc2n1[C@H](Cc1ccccc1)CN(C(=O)c1cc3cccnc3[nH]1)C2. The number of rotatable bonds is 3. The molecular formula is C21H20N6O. The molecule has 140 valence electrons. The first-order chi connectivity index (χ1) is 13.7. The van der Waals surface area contributed by atoms with Gasteiger partial charge in [-0.15, -0.1) is 10.2 Å². The van der Waals surface area contributed by atoms with Crippen molar-refractivity contribution >= 4 is 16.9 Å². The molecule has 0 spiro atoms. The van der Waals surface area contributed by atoms with E-state index in [-0.39, 0.29) is 11.9 Å². The van der Waals surface area contributed by atoms with Gasteiger partial charge in [-0.3, -0.25) is 4.79 Å². The number of aromatic amines is 1. The zero-order chi connectivity index (χ0) is 19.1. The number of benzene rings is 1. The third kappa shape index (κ3) is 2.85. The predicted octanol–water partition coefficient (Wildman–Crippen LogP) is 2.90. The van der Waals surface area contributed by atoms with Gasteiger partial charge in [0.15, 0.2) is 5.82 Å². The van der Waals surface area contributed by atoms with Crippen molar-refractivity contribution in [1.82, 2.24) is 29.6 Å². The number of carbonyl (C=O) groups is 1. The first kappa shape index (κ1) is 16.7. The van der Waals surface area contributed by atoms with Crippen LogP contribution in [0.2, 0.25) is 0 Å². The number of amides is 1. The maximum Gasteiger partial charge on any atom is 0.270 e. The average molecular weight is 372 g/mol. The van der Waals surface area contributed by atoms with E-state index in [0.29, 0.717) is 18.8 Å². The number of nitrogens with one attached hydrogen (secondary N) is 1. The van der Waals surface area contributed by atoms with E-state index in [1.165, 1.54) is 5.56 Å². The third-order valence-corrected chi connectivity index (χ3v) is 5.29. The largest absolute Gasteiger partial charge is 0.335 e. The van der Waals surface area contributed by atoms with Crippen molar-refractivity contribution in [3.63, 3.8) is 0 Å². The highest BCUT2D eigenvalue weighted by Gasteiger charge is 2.31. The van der Waals surface area contributed by atoms with E-state index >= 15 is 0 Å². The molecule has 0 fully saturated rings. The first-order valence-corrected chi connectivity index (χ1v) is 9.36. The molecule has 1 amide bonds. The standard InChI is InChI=1S/C21H20N6O/c1-14-24-25-19-13-26(12-17(27(14)19)10-15-6-3-2-4-7-15)21(28)18-11-16-8-5-9-22-20(16)23-18/h2-9,11,17H,10,12-13H2,1H3,(H,22,23)/t17-/m1/s1. The Kier molecular flexibility index (Phi) is 3.93. The lowest BCUT2D eigenvalue weighted by Crippen LogP contribution is -2.42. The highest BCUT2D eigenvalue weighted by molar-refractivity contribution is 5.97. The molecule has 5 rings (SSSR count). The normalized spacial score (nSPS) is 16.3. The van der Waals surface area contributed by atoms with Crippen LogP contribution in [-0.2, 0) is 13.0 Å². The Balaban J connectivity index is 1.46. The van der Waals surface area contributed by atoms with Crippen LogP contribution in [0.4, 0.5) is 0 Å². The van der Waals surface area contributed by atoms with Gasteiger partial charge in [0, 0.05) is 18.1 Å². The number of aryl methyl sites for hydroxylation is 1. The quantitative estimate of drug-likeness (QED) is 0.600. The summed E-state index contributed by atoms with van der Waals surface area (Å²) in [6.45, 7) is 3.03. The molecule has 7 heteroatoms. The summed E-state index contributed by atoms with van der Waals surface area (Å²) in [7, 11) is 0. The van der Waals surface area contributed by atoms with Crippen molar-refractivity contribution in [2.24, 2.45) is 0 Å². The molecule has 4 heterocycles. The topological polar surface area (TPSA) is 79.7 Å². The van der Waals surface area contributed by atoms with Gasteiger partial charge < -0.3 is 14.5 Å². The fraction of sp³-hybridized carbons (Fsp3) is 0.238. The second kappa shape index (κ2) is 6.60. The van der Waals surface area contributed by atoms with Gasteiger partial charge in [-0.2, -0.15) is 0 Å². The van der Waals surface area contributed by atoms with Gasteiger partial charge in [0.05, 0.1) is 12.6 Å². The number of hydrogen-bond donors (Lipinski definition) is 1. The molecule has 0 saturated carbocycles. The number of H-pyrrole nitrogens is 1. The maximum absolute atomic E-state index is 13.2. The Hall–Kier alpha value is -3.48. The summed E-state index contributed by atoms with van der Waals surface area (Å²) < 4.78 is 2.17. The lowest BCUT2D eigenvalue weighted by atomic mass is 10.0. The van der Waals surface area contributed by atoms with Crippen LogP contribution >= 0.6 is 0 Å². The lowest BCUT2D eigenvalue weighted by Gasteiger charge is -2.34. The molecule has 0 aliphatic carbocycles. The monoisotopic (exact) mass is 372 g/mol. The van der Waals surface area contributed by atoms with Gasteiger partial charge in [0.1, 0.15) is 17.2 Å². The minimum Gasteiger partial charge on any atom is -0.335 e. The third-order valence-electron chi connectivity index (χ3n) is 5.29. The first-order valence-electron chi connectivity index (χ1n) is 9.36. The Morgan fingerprint density at radius 1 is 1.18 bits per heavy atom. The molecule has 1 atom stereocenters. The summed E-state index contributed by atoms with van der Waals surface area (Å²) in [6, 6.07) is 16.1. The van der Waals surface area contributed by atoms with E-state index < -0.39 is 0 Å². The predicted molar refractivity (Wildman–Crippen MR) is 105 cm³/mol. The van der Waals surface area contributed by atoms with Crippen molar-refractivity contribution in [1.29, 1.82) is 0 Å². The summed E-state index contributed by atoms with van der Waals surface area (Å²) in [5.41, 5.74) is 2.51. The molecule has 1 N–H and O–H groups in total. The molecule has 1 aromatic carbocycles. The second-order valence-electron chi connectivity index (χ2n) is 7.19. The van der Waals surface area contributed by atoms with E-state index in [4.69, 9.17) is 0 Å². The minimum absolute atomic E-state index is 0.0389. The second-order valence-corrected chi connectivity index (χ2v) is 7.19. The van der Waals surface area contributed by atoms with Crippen LogP contribution in [0.3, 0.4) is 0 Å². The van der Waals surface area contributed by atoms with Crippen LogP contribution in [-0.4, -0.2) is 42.1 Å². The van der Waals surface area contributed by atoms with Crippen LogP contribution in [0.15, 0.2) is 54.7 Å². The van der Waals surface area contributed by atoms with Gasteiger partial charge in [-0.05, 0) is 37.1 Å². The van der Waals surface area contributed by atoms with E-state index in [1.54, 1.807) is 6.20 Å². The van der Waals surface area contributed by atoms with Crippen molar-refractivity contribution in [2.45, 2.75) is 25.9 Å². The molecular weight excluding hydrogens is 352 g/mol. The average Bonchev–Trinajstić information content (AvgIpc) is 3.32. The highest BCUT2D eigenvalue weighted by Crippen LogP contribution is 2.26. The van der Waals surface area contributed by atoms with Crippen LogP contribution in [0.25, 0.3) is 11.0 Å². The number of pyridine rings is 1. The number of carbonyl (C=O) groups excluding carboxylic acids is 1. The number of aromatic nitrogens is 5. The molecule has 0 unspecified atom stereocenters. The Morgan fingerprint density at radius 3 is 2.86 bits per heavy atom. The summed E-state index contributed by atoms with van der Waals surface area (Å²) in [4.78, 5) is 22.5. The molecule has 4 aromatic rings. The van der Waals surface area contributed by atoms with Gasteiger partial charge in [-0.25, -0.2) is 4.98 Å². The van der Waals surface area contributed by atoms with Crippen molar-refractivity contribution in [3.05, 3.63) is 77.6 Å². The minimum atomic E-state index is -0.0389. The van der Waals surface area contributed by atoms with Gasteiger partial charge in [-0.1, -0.05) is 30.3 Å². The summed E-state index contributed by atoms with van der Waals surface area (Å²) >= 11 is 0. The smallest absolute Gasteiger partial charge is 0.270 e. The number of nitrogens with zero attached hydrogens (tertiary/aromatic N) is 5. The molecule has 0 saturated heterocycles. The van der Waals surface area contributed by atoms with E-state index in [0.717, 1.165) is 29.1 Å². The van der Waals surface area contributed by atoms with Crippen molar-refractivity contribution < 1.29 is 4.79 Å². The van der Waals surface area contributed by atoms with E-state index in [1.807, 2.05) is 48.2 Å². The van der Waals surface area contributed by atoms with E-state index in [2.05, 4.69) is 36.9 Å². The van der Waals surface area contributed by atoms with Crippen molar-refractivity contribution in [2.75, 3.05) is 6.54 Å². The fourth-order valence-corrected chi connectivity index (χ4v) is 4.01. The van der Waals surface area contributed by atoms with Crippen LogP contribution in [0, 0.1) is 6.92 Å². The summed E-state index contributed by atoms with van der Waals surface area (Å²) in [5.74, 6) is 1.67. The molecule has 0 bridgehead atoms. The summed E-state index contributed by atoms with van der Waals surface area (Å²) in [6.07, 6.45) is 2.54. The number of fused-ring (bicyclic) bond motifs is 2. The summed E-state index contributed by atoms with van der Waals surface area (Å²) in [5, 5.41) is 9.50. The zero-order valence-corrected chi connectivity index (χ0v) is 15.5. The maximum atomic E-state index is 13.2. The number of hydrogen-bond acceptors (Lipinski definition) is 4. The van der Waals surface area contributed by atoms with E-state index in [9.17, 15) is 4.79 Å². The van der Waals surface area contributed by atoms with Crippen LogP contribution in [0.1, 0.15) is 33.7 Å². The van der Waals surface area contributed by atoms with Crippen LogP contribution in [0.5, 0.6) is 0 Å². The molecule has 3 aromatic heterocycles. The fourth-order valence-electron chi connectivity index (χ4n) is 4.01. The molecule has 1 aliphatic heterocycles. The molecule has 28 heavy (non-hydrogen) atoms. The zero-order valence-electron chi connectivity index (χ0n) is 15.5. The van der Waals surface area contributed by atoms with Gasteiger partial charge in [0.25, 0.3) is 5.91 Å². The van der Waals surface area contributed by atoms with Gasteiger partial charge in [0.2, 0.25) is 0 Å².